The molecule has 2 aromatic rings. The Bertz CT molecular complexity index is 650. The number of hydrogen-bond donors (Lipinski definition) is 1. The van der Waals surface area contributed by atoms with Gasteiger partial charge < -0.3 is 5.11 Å². The van der Waals surface area contributed by atoms with Crippen LogP contribution in [0.2, 0.25) is 5.15 Å². The lowest BCUT2D eigenvalue weighted by Gasteiger charge is -2.02. The van der Waals surface area contributed by atoms with Gasteiger partial charge in [-0.2, -0.15) is 5.10 Å². The molecule has 5 nitrogen and oxygen atoms in total. The zero-order valence-corrected chi connectivity index (χ0v) is 12.3. The number of pyridine rings is 1. The summed E-state index contributed by atoms with van der Waals surface area (Å²) in [6.07, 6.45) is 2.20. The summed E-state index contributed by atoms with van der Waals surface area (Å²) < 4.78 is 1.38. The van der Waals surface area contributed by atoms with Crippen molar-refractivity contribution in [1.82, 2.24) is 14.8 Å². The number of carbonyl (C=O) groups is 1. The van der Waals surface area contributed by atoms with E-state index in [4.69, 9.17) is 11.6 Å². The highest BCUT2D eigenvalue weighted by Crippen LogP contribution is 2.25. The molecule has 0 radical (unpaired) electrons. The van der Waals surface area contributed by atoms with Gasteiger partial charge in [-0.15, -0.1) is 0 Å². The highest BCUT2D eigenvalue weighted by Gasteiger charge is 2.23. The van der Waals surface area contributed by atoms with E-state index < -0.39 is 5.97 Å². The first-order valence-corrected chi connectivity index (χ1v) is 6.71. The van der Waals surface area contributed by atoms with E-state index in [0.717, 1.165) is 5.56 Å². The molecular formula is C14H16ClN3O2. The van der Waals surface area contributed by atoms with E-state index in [1.807, 2.05) is 32.9 Å². The molecule has 0 aliphatic heterocycles. The van der Waals surface area contributed by atoms with E-state index in [-0.39, 0.29) is 16.6 Å². The quantitative estimate of drug-likeness (QED) is 0.940. The minimum atomic E-state index is -1.07. The molecule has 0 fully saturated rings. The van der Waals surface area contributed by atoms with Gasteiger partial charge in [0.1, 0.15) is 10.7 Å². The molecule has 2 aromatic heterocycles. The fourth-order valence-corrected chi connectivity index (χ4v) is 2.28. The summed E-state index contributed by atoms with van der Waals surface area (Å²) in [5.41, 5.74) is 1.55. The van der Waals surface area contributed by atoms with Crippen molar-refractivity contribution in [1.29, 1.82) is 0 Å². The van der Waals surface area contributed by atoms with Crippen LogP contribution in [0.1, 0.15) is 35.5 Å². The number of aromatic carboxylic acids is 1. The molecule has 0 atom stereocenters. The Kier molecular flexibility index (Phi) is 4.09. The summed E-state index contributed by atoms with van der Waals surface area (Å²) in [6, 6.07) is 3.66. The number of nitrogens with zero attached hydrogens (tertiary/aromatic N) is 3. The minimum Gasteiger partial charge on any atom is -0.478 e. The molecule has 1 N–H and O–H groups in total. The third kappa shape index (κ3) is 2.82. The number of hydrogen-bond acceptors (Lipinski definition) is 3. The van der Waals surface area contributed by atoms with Crippen molar-refractivity contribution >= 4 is 17.6 Å². The van der Waals surface area contributed by atoms with Crippen molar-refractivity contribution in [2.75, 3.05) is 0 Å². The lowest BCUT2D eigenvalue weighted by Crippen LogP contribution is -2.03. The van der Waals surface area contributed by atoms with E-state index in [9.17, 15) is 9.90 Å². The van der Waals surface area contributed by atoms with E-state index in [1.54, 1.807) is 6.20 Å². The minimum absolute atomic E-state index is 0.0590. The van der Waals surface area contributed by atoms with Crippen molar-refractivity contribution in [3.63, 3.8) is 0 Å². The van der Waals surface area contributed by atoms with E-state index in [2.05, 4.69) is 10.1 Å². The number of aromatic nitrogens is 3. The SMILES string of the molecule is Cc1ccnc(-n2nc(CC(C)C)c(C(=O)O)c2Cl)c1. The van der Waals surface area contributed by atoms with Crippen molar-refractivity contribution in [3.8, 4) is 5.82 Å². The normalized spacial score (nSPS) is 11.1. The Morgan fingerprint density at radius 1 is 1.50 bits per heavy atom. The van der Waals surface area contributed by atoms with Crippen LogP contribution in [0, 0.1) is 12.8 Å². The fourth-order valence-electron chi connectivity index (χ4n) is 1.97. The van der Waals surface area contributed by atoms with Crippen molar-refractivity contribution in [2.24, 2.45) is 5.92 Å². The van der Waals surface area contributed by atoms with Gasteiger partial charge in [0.05, 0.1) is 5.69 Å². The highest BCUT2D eigenvalue weighted by atomic mass is 35.5. The van der Waals surface area contributed by atoms with Crippen LogP contribution in [0.25, 0.3) is 5.82 Å². The maximum Gasteiger partial charge on any atom is 0.340 e. The van der Waals surface area contributed by atoms with Crippen LogP contribution in [0.5, 0.6) is 0 Å². The largest absolute Gasteiger partial charge is 0.478 e. The van der Waals surface area contributed by atoms with Crippen LogP contribution in [0.3, 0.4) is 0 Å². The molecule has 0 spiro atoms. The predicted molar refractivity (Wildman–Crippen MR) is 76.6 cm³/mol. The lowest BCUT2D eigenvalue weighted by atomic mass is 10.1. The average Bonchev–Trinajstić information content (AvgIpc) is 2.65. The van der Waals surface area contributed by atoms with E-state index >= 15 is 0 Å². The summed E-state index contributed by atoms with van der Waals surface area (Å²) in [5.74, 6) is -0.255. The van der Waals surface area contributed by atoms with Gasteiger partial charge >= 0.3 is 5.97 Å². The van der Waals surface area contributed by atoms with Gasteiger partial charge in [0.15, 0.2) is 5.82 Å². The van der Waals surface area contributed by atoms with E-state index in [1.165, 1.54) is 4.68 Å². The Labute approximate surface area is 122 Å². The zero-order valence-electron chi connectivity index (χ0n) is 11.6. The van der Waals surface area contributed by atoms with Gasteiger partial charge in [-0.1, -0.05) is 25.4 Å². The summed E-state index contributed by atoms with van der Waals surface area (Å²) >= 11 is 6.17. The number of halogens is 1. The molecule has 0 unspecified atom stereocenters. The molecule has 0 saturated carbocycles. The molecule has 6 heteroatoms. The van der Waals surface area contributed by atoms with Crippen LogP contribution >= 0.6 is 11.6 Å². The summed E-state index contributed by atoms with van der Waals surface area (Å²) in [7, 11) is 0. The Morgan fingerprint density at radius 2 is 2.20 bits per heavy atom. The highest BCUT2D eigenvalue weighted by molar-refractivity contribution is 6.32. The second kappa shape index (κ2) is 5.63. The molecule has 0 amide bonds. The van der Waals surface area contributed by atoms with Crippen LogP contribution in [-0.4, -0.2) is 25.8 Å². The van der Waals surface area contributed by atoms with Gasteiger partial charge in [0.25, 0.3) is 0 Å². The Balaban J connectivity index is 2.58. The van der Waals surface area contributed by atoms with E-state index in [0.29, 0.717) is 17.9 Å². The number of carboxylic acid groups (broad SMARTS) is 1. The topological polar surface area (TPSA) is 68.0 Å². The summed E-state index contributed by atoms with van der Waals surface area (Å²) in [4.78, 5) is 15.6. The summed E-state index contributed by atoms with van der Waals surface area (Å²) in [6.45, 7) is 5.93. The first-order valence-electron chi connectivity index (χ1n) is 6.34. The fraction of sp³-hybridized carbons (Fsp3) is 0.357. The number of aryl methyl sites for hydroxylation is 1. The lowest BCUT2D eigenvalue weighted by molar-refractivity contribution is 0.0695. The van der Waals surface area contributed by atoms with Gasteiger partial charge in [0, 0.05) is 6.20 Å². The molecule has 0 saturated heterocycles. The van der Waals surface area contributed by atoms with Crippen LogP contribution in [0.4, 0.5) is 0 Å². The molecule has 2 heterocycles. The van der Waals surface area contributed by atoms with Crippen molar-refractivity contribution < 1.29 is 9.90 Å². The van der Waals surface area contributed by atoms with Crippen LogP contribution < -0.4 is 0 Å². The summed E-state index contributed by atoms with van der Waals surface area (Å²) in [5, 5.41) is 13.7. The molecule has 0 aromatic carbocycles. The molecule has 106 valence electrons. The number of rotatable bonds is 4. The molecule has 20 heavy (non-hydrogen) atoms. The molecular weight excluding hydrogens is 278 g/mol. The third-order valence-corrected chi connectivity index (χ3v) is 3.18. The van der Waals surface area contributed by atoms with Gasteiger partial charge in [-0.05, 0) is 37.0 Å². The molecule has 2 rings (SSSR count). The predicted octanol–water partition coefficient (Wildman–Crippen LogP) is 3.13. The zero-order chi connectivity index (χ0) is 14.9. The second-order valence-electron chi connectivity index (χ2n) is 5.12. The van der Waals surface area contributed by atoms with Gasteiger partial charge in [0.2, 0.25) is 0 Å². The standard InChI is InChI=1S/C14H16ClN3O2/c1-8(2)6-10-12(14(19)20)13(15)18(17-10)11-7-9(3)4-5-16-11/h4-5,7-8H,6H2,1-3H3,(H,19,20). The molecule has 0 aliphatic carbocycles. The number of carboxylic acids is 1. The van der Waals surface area contributed by atoms with Crippen LogP contribution in [0.15, 0.2) is 18.3 Å². The Morgan fingerprint density at radius 3 is 2.75 bits per heavy atom. The Hall–Kier alpha value is -1.88. The van der Waals surface area contributed by atoms with Crippen LogP contribution in [-0.2, 0) is 6.42 Å². The first-order chi connectivity index (χ1) is 9.40. The monoisotopic (exact) mass is 293 g/mol. The smallest absolute Gasteiger partial charge is 0.340 e. The first kappa shape index (κ1) is 14.5. The van der Waals surface area contributed by atoms with Gasteiger partial charge in [-0.25, -0.2) is 14.5 Å². The van der Waals surface area contributed by atoms with Crippen molar-refractivity contribution in [2.45, 2.75) is 27.2 Å². The maximum atomic E-state index is 11.4. The third-order valence-electron chi connectivity index (χ3n) is 2.84. The molecule has 0 aliphatic rings. The maximum absolute atomic E-state index is 11.4. The second-order valence-corrected chi connectivity index (χ2v) is 5.48. The average molecular weight is 294 g/mol. The molecule has 0 bridgehead atoms. The van der Waals surface area contributed by atoms with Gasteiger partial charge in [-0.3, -0.25) is 0 Å². The van der Waals surface area contributed by atoms with Crippen molar-refractivity contribution in [3.05, 3.63) is 40.3 Å².